The summed E-state index contributed by atoms with van der Waals surface area (Å²) < 4.78 is 4.93. The van der Waals surface area contributed by atoms with E-state index in [4.69, 9.17) is 4.74 Å². The van der Waals surface area contributed by atoms with Gasteiger partial charge in [-0.05, 0) is 12.5 Å². The normalized spacial score (nSPS) is 15.1. The van der Waals surface area contributed by atoms with E-state index >= 15 is 0 Å². The van der Waals surface area contributed by atoms with E-state index in [9.17, 15) is 10.2 Å². The van der Waals surface area contributed by atoms with Crippen LogP contribution in [-0.4, -0.2) is 23.1 Å². The highest BCUT2D eigenvalue weighted by molar-refractivity contribution is 5.17. The monoisotopic (exact) mass is 196 g/mol. The van der Waals surface area contributed by atoms with Crippen LogP contribution in [0, 0.1) is 0 Å². The van der Waals surface area contributed by atoms with Gasteiger partial charge in [-0.3, -0.25) is 0 Å². The third kappa shape index (κ3) is 3.46. The van der Waals surface area contributed by atoms with Crippen LogP contribution < -0.4 is 0 Å². The maximum absolute atomic E-state index is 9.68. The molecule has 3 nitrogen and oxygen atoms in total. The number of aliphatic hydroxyl groups excluding tert-OH is 2. The van der Waals surface area contributed by atoms with Gasteiger partial charge < -0.3 is 14.9 Å². The smallest absolute Gasteiger partial charge is 0.157 e. The number of ether oxygens (including phenoxy) is 1. The van der Waals surface area contributed by atoms with Gasteiger partial charge >= 0.3 is 0 Å². The van der Waals surface area contributed by atoms with Gasteiger partial charge in [0, 0.05) is 13.0 Å². The van der Waals surface area contributed by atoms with E-state index in [0.717, 1.165) is 5.56 Å². The largest absolute Gasteiger partial charge is 0.388 e. The quantitative estimate of drug-likeness (QED) is 0.701. The van der Waals surface area contributed by atoms with E-state index in [0.29, 0.717) is 6.61 Å². The maximum atomic E-state index is 9.68. The summed E-state index contributed by atoms with van der Waals surface area (Å²) in [6.45, 7) is 2.25. The van der Waals surface area contributed by atoms with Crippen molar-refractivity contribution in [1.29, 1.82) is 0 Å². The van der Waals surface area contributed by atoms with Gasteiger partial charge in [0.2, 0.25) is 0 Å². The molecule has 0 bridgehead atoms. The lowest BCUT2D eigenvalue weighted by molar-refractivity contribution is -0.116. The van der Waals surface area contributed by atoms with E-state index in [2.05, 4.69) is 0 Å². The van der Waals surface area contributed by atoms with Crippen molar-refractivity contribution in [3.05, 3.63) is 35.9 Å². The van der Waals surface area contributed by atoms with Gasteiger partial charge in [0.25, 0.3) is 0 Å². The average molecular weight is 196 g/mol. The van der Waals surface area contributed by atoms with Gasteiger partial charge in [-0.2, -0.15) is 0 Å². The second kappa shape index (κ2) is 5.75. The first kappa shape index (κ1) is 11.2. The highest BCUT2D eigenvalue weighted by Crippen LogP contribution is 2.17. The molecule has 0 aromatic heterocycles. The topological polar surface area (TPSA) is 49.7 Å². The number of aliphatic hydroxyl groups is 2. The van der Waals surface area contributed by atoms with Crippen LogP contribution in [0.2, 0.25) is 0 Å². The van der Waals surface area contributed by atoms with Crippen molar-refractivity contribution in [1.82, 2.24) is 0 Å². The van der Waals surface area contributed by atoms with E-state index in [1.165, 1.54) is 0 Å². The Morgan fingerprint density at radius 2 is 1.86 bits per heavy atom. The molecule has 78 valence electrons. The summed E-state index contributed by atoms with van der Waals surface area (Å²) in [5.41, 5.74) is 0.797. The molecule has 1 aromatic rings. The Balaban J connectivity index is 2.46. The number of rotatable bonds is 5. The van der Waals surface area contributed by atoms with Crippen LogP contribution in [-0.2, 0) is 4.74 Å². The SMILES string of the molecule is CCOC(O)CC(O)c1ccccc1. The Kier molecular flexibility index (Phi) is 4.59. The Hall–Kier alpha value is -0.900. The summed E-state index contributed by atoms with van der Waals surface area (Å²) in [4.78, 5) is 0. The van der Waals surface area contributed by atoms with E-state index in [1.807, 2.05) is 30.3 Å². The lowest BCUT2D eigenvalue weighted by atomic mass is 10.1. The zero-order valence-electron chi connectivity index (χ0n) is 8.26. The molecule has 3 heteroatoms. The van der Waals surface area contributed by atoms with Crippen molar-refractivity contribution in [2.24, 2.45) is 0 Å². The fourth-order valence-electron chi connectivity index (χ4n) is 1.26. The highest BCUT2D eigenvalue weighted by Gasteiger charge is 2.12. The highest BCUT2D eigenvalue weighted by atomic mass is 16.6. The number of benzene rings is 1. The van der Waals surface area contributed by atoms with Gasteiger partial charge in [-0.1, -0.05) is 30.3 Å². The van der Waals surface area contributed by atoms with Crippen LogP contribution in [0.15, 0.2) is 30.3 Å². The Labute approximate surface area is 84.0 Å². The average Bonchev–Trinajstić information content (AvgIpc) is 2.19. The molecular formula is C11H16O3. The minimum Gasteiger partial charge on any atom is -0.388 e. The van der Waals surface area contributed by atoms with Gasteiger partial charge in [-0.25, -0.2) is 0 Å². The standard InChI is InChI=1S/C11H16O3/c1-2-14-11(13)8-10(12)9-6-4-3-5-7-9/h3-7,10-13H,2,8H2,1H3. The number of hydrogen-bond acceptors (Lipinski definition) is 3. The molecule has 14 heavy (non-hydrogen) atoms. The summed E-state index contributed by atoms with van der Waals surface area (Å²) >= 11 is 0. The predicted octanol–water partition coefficient (Wildman–Crippen LogP) is 1.46. The van der Waals surface area contributed by atoms with E-state index < -0.39 is 12.4 Å². The van der Waals surface area contributed by atoms with Gasteiger partial charge in [0.1, 0.15) is 0 Å². The van der Waals surface area contributed by atoms with Crippen molar-refractivity contribution in [3.8, 4) is 0 Å². The molecule has 0 saturated heterocycles. The summed E-state index contributed by atoms with van der Waals surface area (Å²) in [6.07, 6.45) is -1.36. The van der Waals surface area contributed by atoms with Crippen LogP contribution in [0.3, 0.4) is 0 Å². The first-order chi connectivity index (χ1) is 6.74. The first-order valence-electron chi connectivity index (χ1n) is 4.76. The molecule has 0 aliphatic rings. The third-order valence-electron chi connectivity index (χ3n) is 1.97. The van der Waals surface area contributed by atoms with E-state index in [1.54, 1.807) is 6.92 Å². The fourth-order valence-corrected chi connectivity index (χ4v) is 1.26. The Morgan fingerprint density at radius 3 is 2.43 bits per heavy atom. The van der Waals surface area contributed by atoms with Crippen molar-refractivity contribution in [2.45, 2.75) is 25.7 Å². The summed E-state index contributed by atoms with van der Waals surface area (Å²) in [7, 11) is 0. The minimum atomic E-state index is -0.893. The van der Waals surface area contributed by atoms with E-state index in [-0.39, 0.29) is 6.42 Å². The van der Waals surface area contributed by atoms with Crippen LogP contribution in [0.5, 0.6) is 0 Å². The third-order valence-corrected chi connectivity index (χ3v) is 1.97. The first-order valence-corrected chi connectivity index (χ1v) is 4.76. The zero-order chi connectivity index (χ0) is 10.4. The fraction of sp³-hybridized carbons (Fsp3) is 0.455. The molecule has 2 atom stereocenters. The van der Waals surface area contributed by atoms with Crippen molar-refractivity contribution in [3.63, 3.8) is 0 Å². The second-order valence-corrected chi connectivity index (χ2v) is 3.07. The maximum Gasteiger partial charge on any atom is 0.157 e. The molecule has 2 N–H and O–H groups in total. The van der Waals surface area contributed by atoms with Crippen molar-refractivity contribution >= 4 is 0 Å². The van der Waals surface area contributed by atoms with Crippen molar-refractivity contribution in [2.75, 3.05) is 6.61 Å². The Morgan fingerprint density at radius 1 is 1.21 bits per heavy atom. The number of hydrogen-bond donors (Lipinski definition) is 2. The van der Waals surface area contributed by atoms with Crippen LogP contribution in [0.1, 0.15) is 25.0 Å². The van der Waals surface area contributed by atoms with Crippen LogP contribution in [0.4, 0.5) is 0 Å². The second-order valence-electron chi connectivity index (χ2n) is 3.07. The van der Waals surface area contributed by atoms with Gasteiger partial charge in [0.15, 0.2) is 6.29 Å². The minimum absolute atomic E-state index is 0.206. The molecule has 0 heterocycles. The van der Waals surface area contributed by atoms with Crippen molar-refractivity contribution < 1.29 is 14.9 Å². The summed E-state index contributed by atoms with van der Waals surface area (Å²) in [5.74, 6) is 0. The lowest BCUT2D eigenvalue weighted by Crippen LogP contribution is -2.15. The van der Waals surface area contributed by atoms with Crippen LogP contribution >= 0.6 is 0 Å². The molecule has 1 aromatic carbocycles. The molecule has 0 saturated carbocycles. The summed E-state index contributed by atoms with van der Waals surface area (Å²) in [6, 6.07) is 9.24. The molecule has 0 fully saturated rings. The Bertz CT molecular complexity index is 248. The van der Waals surface area contributed by atoms with Gasteiger partial charge in [0.05, 0.1) is 6.10 Å². The predicted molar refractivity (Wildman–Crippen MR) is 53.7 cm³/mol. The molecular weight excluding hydrogens is 180 g/mol. The molecule has 2 unspecified atom stereocenters. The molecule has 0 spiro atoms. The lowest BCUT2D eigenvalue weighted by Gasteiger charge is -2.15. The molecule has 0 aliphatic heterocycles. The molecule has 0 amide bonds. The molecule has 0 aliphatic carbocycles. The van der Waals surface area contributed by atoms with Crippen LogP contribution in [0.25, 0.3) is 0 Å². The summed E-state index contributed by atoms with van der Waals surface area (Å²) in [5, 5.41) is 19.0. The van der Waals surface area contributed by atoms with Gasteiger partial charge in [-0.15, -0.1) is 0 Å². The molecule has 1 rings (SSSR count). The zero-order valence-corrected chi connectivity index (χ0v) is 8.26. The molecule has 0 radical (unpaired) electrons.